The number of ether oxygens (including phenoxy) is 1. The fourth-order valence-corrected chi connectivity index (χ4v) is 5.44. The lowest BCUT2D eigenvalue weighted by Gasteiger charge is -2.41. The van der Waals surface area contributed by atoms with E-state index in [0.717, 1.165) is 29.7 Å². The Morgan fingerprint density at radius 1 is 1.18 bits per heavy atom. The van der Waals surface area contributed by atoms with E-state index in [4.69, 9.17) is 4.74 Å². The van der Waals surface area contributed by atoms with Crippen molar-refractivity contribution in [3.63, 3.8) is 0 Å². The maximum absolute atomic E-state index is 13.2. The van der Waals surface area contributed by atoms with E-state index in [-0.39, 0.29) is 24.4 Å². The smallest absolute Gasteiger partial charge is 0.244 e. The normalized spacial score (nSPS) is 20.3. The molecule has 0 aliphatic carbocycles. The van der Waals surface area contributed by atoms with Gasteiger partial charge in [-0.3, -0.25) is 4.79 Å². The summed E-state index contributed by atoms with van der Waals surface area (Å²) in [6, 6.07) is 6.16. The van der Waals surface area contributed by atoms with Crippen LogP contribution in [0.25, 0.3) is 0 Å². The molecule has 2 saturated heterocycles. The SMILES string of the molecule is Cc1ccc(C)c(OC2CCN(C(=O)C3(S(C)(=O)=O)CCNCC3)CC2)c1.Cl. The summed E-state index contributed by atoms with van der Waals surface area (Å²) < 4.78 is 29.8. The molecule has 2 fully saturated rings. The number of hydrogen-bond donors (Lipinski definition) is 1. The number of likely N-dealkylation sites (tertiary alicyclic amines) is 1. The molecule has 2 heterocycles. The molecule has 1 aromatic carbocycles. The summed E-state index contributed by atoms with van der Waals surface area (Å²) in [7, 11) is -3.47. The van der Waals surface area contributed by atoms with Gasteiger partial charge >= 0.3 is 0 Å². The number of benzene rings is 1. The summed E-state index contributed by atoms with van der Waals surface area (Å²) in [5.74, 6) is 0.669. The Morgan fingerprint density at radius 2 is 1.79 bits per heavy atom. The Balaban J connectivity index is 0.00000280. The monoisotopic (exact) mass is 430 g/mol. The van der Waals surface area contributed by atoms with Gasteiger partial charge in [-0.25, -0.2) is 8.42 Å². The molecule has 0 unspecified atom stereocenters. The van der Waals surface area contributed by atoms with Gasteiger partial charge in [0.15, 0.2) is 14.6 Å². The number of halogens is 1. The van der Waals surface area contributed by atoms with Gasteiger partial charge in [-0.15, -0.1) is 12.4 Å². The molecule has 1 aromatic rings. The molecule has 8 heteroatoms. The summed E-state index contributed by atoms with van der Waals surface area (Å²) >= 11 is 0. The Kier molecular flexibility index (Phi) is 7.39. The Hall–Kier alpha value is -1.31. The largest absolute Gasteiger partial charge is 0.490 e. The van der Waals surface area contributed by atoms with Gasteiger partial charge in [0.2, 0.25) is 5.91 Å². The van der Waals surface area contributed by atoms with Crippen LogP contribution in [0.3, 0.4) is 0 Å². The maximum Gasteiger partial charge on any atom is 0.244 e. The number of amides is 1. The highest BCUT2D eigenvalue weighted by molar-refractivity contribution is 7.92. The standard InChI is InChI=1S/C20H30N2O4S.ClH/c1-15-4-5-16(2)18(14-15)26-17-6-12-22(13-7-17)19(23)20(27(3,24)25)8-10-21-11-9-20;/h4-5,14,17,21H,6-13H2,1-3H3;1H. The average Bonchev–Trinajstić information content (AvgIpc) is 2.64. The molecule has 2 aliphatic rings. The first-order valence-corrected chi connectivity index (χ1v) is 11.6. The number of sulfone groups is 1. The van der Waals surface area contributed by atoms with Gasteiger partial charge in [0.25, 0.3) is 0 Å². The molecule has 0 aromatic heterocycles. The predicted octanol–water partition coefficient (Wildman–Crippen LogP) is 2.26. The van der Waals surface area contributed by atoms with Crippen molar-refractivity contribution in [3.8, 4) is 5.75 Å². The first-order valence-electron chi connectivity index (χ1n) is 9.66. The van der Waals surface area contributed by atoms with Crippen molar-refractivity contribution < 1.29 is 17.9 Å². The van der Waals surface area contributed by atoms with Gasteiger partial charge in [0.1, 0.15) is 11.9 Å². The van der Waals surface area contributed by atoms with Gasteiger partial charge in [0, 0.05) is 32.2 Å². The van der Waals surface area contributed by atoms with E-state index in [0.29, 0.717) is 39.0 Å². The lowest BCUT2D eigenvalue weighted by molar-refractivity contribution is -0.136. The molecule has 2 aliphatic heterocycles. The highest BCUT2D eigenvalue weighted by Crippen LogP contribution is 2.32. The second-order valence-corrected chi connectivity index (χ2v) is 10.2. The van der Waals surface area contributed by atoms with Gasteiger partial charge in [-0.1, -0.05) is 12.1 Å². The van der Waals surface area contributed by atoms with Crippen LogP contribution in [-0.4, -0.2) is 62.5 Å². The van der Waals surface area contributed by atoms with E-state index < -0.39 is 14.6 Å². The minimum absolute atomic E-state index is 0. The van der Waals surface area contributed by atoms with Crippen molar-refractivity contribution in [2.45, 2.75) is 50.4 Å². The average molecular weight is 431 g/mol. The number of carbonyl (C=O) groups excluding carboxylic acids is 1. The van der Waals surface area contributed by atoms with Crippen molar-refractivity contribution >= 4 is 28.2 Å². The zero-order valence-electron chi connectivity index (χ0n) is 16.9. The lowest BCUT2D eigenvalue weighted by atomic mass is 9.94. The van der Waals surface area contributed by atoms with E-state index in [9.17, 15) is 13.2 Å². The third kappa shape index (κ3) is 4.63. The van der Waals surface area contributed by atoms with Crippen LogP contribution < -0.4 is 10.1 Å². The third-order valence-electron chi connectivity index (χ3n) is 5.88. The molecule has 1 amide bonds. The zero-order chi connectivity index (χ0) is 19.7. The fraction of sp³-hybridized carbons (Fsp3) is 0.650. The molecular weight excluding hydrogens is 400 g/mol. The lowest BCUT2D eigenvalue weighted by Crippen LogP contribution is -2.59. The molecule has 0 saturated carbocycles. The predicted molar refractivity (Wildman–Crippen MR) is 113 cm³/mol. The molecule has 158 valence electrons. The highest BCUT2D eigenvalue weighted by Gasteiger charge is 2.50. The van der Waals surface area contributed by atoms with Crippen LogP contribution >= 0.6 is 12.4 Å². The first kappa shape index (κ1) is 23.0. The van der Waals surface area contributed by atoms with E-state index in [1.54, 1.807) is 4.90 Å². The van der Waals surface area contributed by atoms with E-state index in [1.165, 1.54) is 6.26 Å². The molecular formula is C20H31ClN2O4S. The van der Waals surface area contributed by atoms with Crippen LogP contribution in [0, 0.1) is 13.8 Å². The van der Waals surface area contributed by atoms with Crippen molar-refractivity contribution in [1.29, 1.82) is 0 Å². The van der Waals surface area contributed by atoms with Crippen molar-refractivity contribution in [2.24, 2.45) is 0 Å². The van der Waals surface area contributed by atoms with Crippen molar-refractivity contribution in [3.05, 3.63) is 29.3 Å². The number of nitrogens with zero attached hydrogens (tertiary/aromatic N) is 1. The summed E-state index contributed by atoms with van der Waals surface area (Å²) in [6.45, 7) is 6.27. The Labute approximate surface area is 174 Å². The summed E-state index contributed by atoms with van der Waals surface area (Å²) in [6.07, 6.45) is 3.39. The number of piperidine rings is 2. The number of nitrogens with one attached hydrogen (secondary N) is 1. The van der Waals surface area contributed by atoms with Crippen LogP contribution in [0.15, 0.2) is 18.2 Å². The molecule has 0 radical (unpaired) electrons. The molecule has 3 rings (SSSR count). The number of carbonyl (C=O) groups is 1. The first-order chi connectivity index (χ1) is 12.7. The second kappa shape index (κ2) is 9.01. The Bertz CT molecular complexity index is 798. The third-order valence-corrected chi connectivity index (χ3v) is 7.88. The topological polar surface area (TPSA) is 75.7 Å². The minimum Gasteiger partial charge on any atom is -0.490 e. The molecule has 28 heavy (non-hydrogen) atoms. The van der Waals surface area contributed by atoms with Crippen LogP contribution in [0.1, 0.15) is 36.8 Å². The van der Waals surface area contributed by atoms with Crippen molar-refractivity contribution in [1.82, 2.24) is 10.2 Å². The van der Waals surface area contributed by atoms with E-state index >= 15 is 0 Å². The molecule has 6 nitrogen and oxygen atoms in total. The van der Waals surface area contributed by atoms with Gasteiger partial charge < -0.3 is 15.0 Å². The van der Waals surface area contributed by atoms with E-state index in [1.807, 2.05) is 19.9 Å². The molecule has 1 N–H and O–H groups in total. The van der Waals surface area contributed by atoms with Crippen molar-refractivity contribution in [2.75, 3.05) is 32.4 Å². The summed E-state index contributed by atoms with van der Waals surface area (Å²) in [5.41, 5.74) is 2.26. The number of hydrogen-bond acceptors (Lipinski definition) is 5. The van der Waals surface area contributed by atoms with Crippen LogP contribution in [-0.2, 0) is 14.6 Å². The van der Waals surface area contributed by atoms with Crippen LogP contribution in [0.4, 0.5) is 0 Å². The molecule has 0 spiro atoms. The van der Waals surface area contributed by atoms with Crippen LogP contribution in [0.5, 0.6) is 5.75 Å². The number of aryl methyl sites for hydroxylation is 2. The maximum atomic E-state index is 13.2. The van der Waals surface area contributed by atoms with Crippen LogP contribution in [0.2, 0.25) is 0 Å². The fourth-order valence-electron chi connectivity index (χ4n) is 4.05. The second-order valence-electron chi connectivity index (χ2n) is 7.89. The minimum atomic E-state index is -3.47. The summed E-state index contributed by atoms with van der Waals surface area (Å²) in [5, 5.41) is 3.16. The number of rotatable bonds is 4. The van der Waals surface area contributed by atoms with Gasteiger partial charge in [-0.2, -0.15) is 0 Å². The quantitative estimate of drug-likeness (QED) is 0.792. The Morgan fingerprint density at radius 3 is 2.36 bits per heavy atom. The molecule has 0 atom stereocenters. The molecule has 0 bridgehead atoms. The van der Waals surface area contributed by atoms with Gasteiger partial charge in [0.05, 0.1) is 0 Å². The van der Waals surface area contributed by atoms with E-state index in [2.05, 4.69) is 17.4 Å². The summed E-state index contributed by atoms with van der Waals surface area (Å²) in [4.78, 5) is 14.9. The highest BCUT2D eigenvalue weighted by atomic mass is 35.5. The van der Waals surface area contributed by atoms with Gasteiger partial charge in [-0.05, 0) is 57.0 Å². The zero-order valence-corrected chi connectivity index (χ0v) is 18.5.